The highest BCUT2D eigenvalue weighted by Crippen LogP contribution is 2.47. The highest BCUT2D eigenvalue weighted by Gasteiger charge is 2.76. The Bertz CT molecular complexity index is 960. The van der Waals surface area contributed by atoms with E-state index >= 15 is 0 Å². The van der Waals surface area contributed by atoms with Crippen molar-refractivity contribution in [2.45, 2.75) is 48.4 Å². The van der Waals surface area contributed by atoms with Crippen molar-refractivity contribution in [2.24, 2.45) is 5.92 Å². The Hall–Kier alpha value is -2.03. The van der Waals surface area contributed by atoms with Crippen LogP contribution in [0.2, 0.25) is 0 Å². The Morgan fingerprint density at radius 2 is 1.46 bits per heavy atom. The maximum absolute atomic E-state index is 12.9. The normalized spacial score (nSPS) is 22.5. The minimum Gasteiger partial charge on any atom is -0.493 e. The molecule has 0 bridgehead atoms. The first-order chi connectivity index (χ1) is 15.7. The van der Waals surface area contributed by atoms with E-state index in [1.165, 1.54) is 24.1 Å². The number of fused-ring (bicyclic) bond motifs is 3. The average molecular weight is 509 g/mol. The Labute approximate surface area is 196 Å². The third-order valence-electron chi connectivity index (χ3n) is 6.33. The fraction of sp³-hybridized carbons (Fsp3) is 0.632. The molecule has 0 aliphatic carbocycles. The summed E-state index contributed by atoms with van der Waals surface area (Å²) in [7, 11) is 1.25. The van der Waals surface area contributed by atoms with Gasteiger partial charge in [0.15, 0.2) is 11.5 Å². The van der Waals surface area contributed by atoms with Crippen LogP contribution < -0.4 is 9.47 Å². The standard InChI is InChI=1S/C19H27NO15/c1-34-13-4-8-2-3-20-7-10(15(22,23)16(24,17(25,26)27)18(28,29)30)12(21)6-11(20)9(8)5-14(13)35-19(31,32)33/h4-5,10-11,22-33H,2-3,6-7H2,1H3. The number of Topliss-reactive ketones (excluding diaryl/α,β-unsaturated/α-hetero) is 1. The zero-order chi connectivity index (χ0) is 26.8. The lowest BCUT2D eigenvalue weighted by Crippen LogP contribution is -2.81. The number of ether oxygens (including phenoxy) is 2. The van der Waals surface area contributed by atoms with Crippen LogP contribution in [0.25, 0.3) is 0 Å². The van der Waals surface area contributed by atoms with E-state index in [4.69, 9.17) is 20.1 Å². The molecule has 198 valence electrons. The van der Waals surface area contributed by atoms with Gasteiger partial charge in [0.05, 0.1) is 13.0 Å². The summed E-state index contributed by atoms with van der Waals surface area (Å²) in [5.41, 5.74) is -3.69. The molecule has 16 heteroatoms. The molecule has 1 saturated heterocycles. The zero-order valence-corrected chi connectivity index (χ0v) is 18.2. The molecule has 3 rings (SSSR count). The van der Waals surface area contributed by atoms with Gasteiger partial charge >= 0.3 is 18.1 Å². The number of carbonyl (C=O) groups excluding carboxylic acids is 1. The van der Waals surface area contributed by atoms with Gasteiger partial charge in [-0.3, -0.25) is 9.69 Å². The van der Waals surface area contributed by atoms with Crippen molar-refractivity contribution in [3.05, 3.63) is 23.3 Å². The molecule has 1 aromatic carbocycles. The second-order valence-electron chi connectivity index (χ2n) is 8.57. The monoisotopic (exact) mass is 509 g/mol. The molecule has 12 N–H and O–H groups in total. The summed E-state index contributed by atoms with van der Waals surface area (Å²) in [6.45, 7) is -0.509. The van der Waals surface area contributed by atoms with Crippen LogP contribution in [0.3, 0.4) is 0 Å². The molecule has 2 aliphatic heterocycles. The Morgan fingerprint density at radius 1 is 0.886 bits per heavy atom. The van der Waals surface area contributed by atoms with Crippen LogP contribution in [0.5, 0.6) is 11.5 Å². The molecule has 0 saturated carbocycles. The lowest BCUT2D eigenvalue weighted by atomic mass is 9.72. The molecular formula is C19H27NO15. The summed E-state index contributed by atoms with van der Waals surface area (Å²) in [5, 5.41) is 115. The van der Waals surface area contributed by atoms with Gasteiger partial charge in [-0.05, 0) is 29.7 Å². The number of nitrogens with zero attached hydrogens (tertiary/aromatic N) is 1. The van der Waals surface area contributed by atoms with E-state index in [-0.39, 0.29) is 24.5 Å². The van der Waals surface area contributed by atoms with E-state index in [1.807, 2.05) is 0 Å². The van der Waals surface area contributed by atoms with Gasteiger partial charge in [0.1, 0.15) is 5.78 Å². The summed E-state index contributed by atoms with van der Waals surface area (Å²) in [5.74, 6) is -17.2. The number of hydrogen-bond donors (Lipinski definition) is 12. The van der Waals surface area contributed by atoms with Crippen LogP contribution in [0, 0.1) is 5.92 Å². The van der Waals surface area contributed by atoms with Gasteiger partial charge in [-0.2, -0.15) is 0 Å². The largest absolute Gasteiger partial charge is 0.493 e. The lowest BCUT2D eigenvalue weighted by molar-refractivity contribution is -0.545. The number of methoxy groups -OCH3 is 1. The molecule has 0 radical (unpaired) electrons. The zero-order valence-electron chi connectivity index (χ0n) is 18.2. The van der Waals surface area contributed by atoms with E-state index in [0.717, 1.165) is 0 Å². The quantitative estimate of drug-likeness (QED) is 0.152. The predicted molar refractivity (Wildman–Crippen MR) is 105 cm³/mol. The van der Waals surface area contributed by atoms with E-state index in [0.29, 0.717) is 11.1 Å². The number of aliphatic hydroxyl groups is 12. The van der Waals surface area contributed by atoms with Gasteiger partial charge in [-0.15, -0.1) is 0 Å². The summed E-state index contributed by atoms with van der Waals surface area (Å²) >= 11 is 0. The maximum Gasteiger partial charge on any atom is 0.453 e. The minimum absolute atomic E-state index is 0.0175. The molecule has 16 nitrogen and oxygen atoms in total. The molecule has 2 heterocycles. The number of benzene rings is 1. The Balaban J connectivity index is 2.00. The summed E-state index contributed by atoms with van der Waals surface area (Å²) < 4.78 is 9.75. The van der Waals surface area contributed by atoms with Crippen LogP contribution in [-0.2, 0) is 11.2 Å². The number of ketones is 1. The fourth-order valence-corrected chi connectivity index (χ4v) is 4.60. The van der Waals surface area contributed by atoms with Gasteiger partial charge < -0.3 is 70.8 Å². The van der Waals surface area contributed by atoms with Crippen LogP contribution in [0.1, 0.15) is 23.6 Å². The third-order valence-corrected chi connectivity index (χ3v) is 6.33. The molecule has 0 spiro atoms. The van der Waals surface area contributed by atoms with Gasteiger partial charge in [-0.1, -0.05) is 0 Å². The SMILES string of the molecule is COc1cc2c(cc1OC(O)(O)O)C1CC(=O)C(C(O)(O)C(O)(C(O)(O)O)C(O)(O)O)CN1CC2. The third kappa shape index (κ3) is 4.60. The van der Waals surface area contributed by atoms with Crippen LogP contribution in [0.15, 0.2) is 12.1 Å². The Kier molecular flexibility index (Phi) is 6.71. The van der Waals surface area contributed by atoms with Gasteiger partial charge in [-0.25, -0.2) is 0 Å². The first kappa shape index (κ1) is 27.6. The second kappa shape index (κ2) is 8.53. The predicted octanol–water partition coefficient (Wildman–Crippen LogP) is -6.18. The first-order valence-corrected chi connectivity index (χ1v) is 10.1. The van der Waals surface area contributed by atoms with Crippen molar-refractivity contribution >= 4 is 5.78 Å². The summed E-state index contributed by atoms with van der Waals surface area (Å²) in [4.78, 5) is 14.4. The molecule has 1 fully saturated rings. The smallest absolute Gasteiger partial charge is 0.453 e. The van der Waals surface area contributed by atoms with E-state index < -0.39 is 60.2 Å². The number of hydrogen-bond acceptors (Lipinski definition) is 16. The molecular weight excluding hydrogens is 482 g/mol. The topological polar surface area (TPSA) is 282 Å². The highest BCUT2D eigenvalue weighted by atomic mass is 16.9. The molecule has 2 aliphatic rings. The number of piperidine rings is 1. The van der Waals surface area contributed by atoms with Crippen LogP contribution in [0.4, 0.5) is 0 Å². The number of rotatable bonds is 7. The van der Waals surface area contributed by atoms with Crippen molar-refractivity contribution in [3.63, 3.8) is 0 Å². The summed E-state index contributed by atoms with van der Waals surface area (Å²) in [6, 6.07) is 1.90. The number of carbonyl (C=O) groups is 1. The highest BCUT2D eigenvalue weighted by molar-refractivity contribution is 5.84. The molecule has 0 amide bonds. The average Bonchev–Trinajstić information content (AvgIpc) is 2.69. The van der Waals surface area contributed by atoms with Gasteiger partial charge in [0, 0.05) is 25.6 Å². The van der Waals surface area contributed by atoms with Gasteiger partial charge in [0.25, 0.3) is 5.60 Å². The molecule has 2 unspecified atom stereocenters. The van der Waals surface area contributed by atoms with E-state index in [9.17, 15) is 50.8 Å². The molecule has 35 heavy (non-hydrogen) atoms. The van der Waals surface area contributed by atoms with Gasteiger partial charge in [0.2, 0.25) is 5.79 Å². The summed E-state index contributed by atoms with van der Waals surface area (Å²) in [6.07, 6.45) is -3.85. The molecule has 0 aromatic heterocycles. The minimum atomic E-state index is -4.71. The van der Waals surface area contributed by atoms with Crippen LogP contribution >= 0.6 is 0 Å². The van der Waals surface area contributed by atoms with E-state index in [1.54, 1.807) is 0 Å². The molecule has 2 atom stereocenters. The second-order valence-corrected chi connectivity index (χ2v) is 8.57. The Morgan fingerprint density at radius 3 is 1.94 bits per heavy atom. The van der Waals surface area contributed by atoms with Crippen molar-refractivity contribution < 1.29 is 75.5 Å². The molecule has 1 aromatic rings. The van der Waals surface area contributed by atoms with E-state index in [2.05, 4.69) is 4.74 Å². The first-order valence-electron chi connectivity index (χ1n) is 10.1. The van der Waals surface area contributed by atoms with Crippen molar-refractivity contribution in [2.75, 3.05) is 20.2 Å². The lowest BCUT2D eigenvalue weighted by Gasteiger charge is -2.52. The van der Waals surface area contributed by atoms with Crippen molar-refractivity contribution in [1.29, 1.82) is 0 Å². The van der Waals surface area contributed by atoms with Crippen molar-refractivity contribution in [3.8, 4) is 11.5 Å². The van der Waals surface area contributed by atoms with Crippen LogP contribution in [-0.4, -0.2) is 122 Å². The maximum atomic E-state index is 12.9. The van der Waals surface area contributed by atoms with Crippen molar-refractivity contribution in [1.82, 2.24) is 4.90 Å². The fourth-order valence-electron chi connectivity index (χ4n) is 4.60.